The maximum Gasteiger partial charge on any atom is 0.310 e. The first-order valence-corrected chi connectivity index (χ1v) is 7.41. The summed E-state index contributed by atoms with van der Waals surface area (Å²) in [4.78, 5) is 25.3. The number of hydrogen-bond acceptors (Lipinski definition) is 5. The van der Waals surface area contributed by atoms with Gasteiger partial charge in [0.2, 0.25) is 0 Å². The Morgan fingerprint density at radius 2 is 1.96 bits per heavy atom. The van der Waals surface area contributed by atoms with Gasteiger partial charge in [-0.25, -0.2) is 8.78 Å². The van der Waals surface area contributed by atoms with Crippen molar-refractivity contribution in [2.24, 2.45) is 5.92 Å². The van der Waals surface area contributed by atoms with Crippen molar-refractivity contribution in [1.29, 1.82) is 0 Å². The SMILES string of the molecule is COC(=O)C(C)CN(CCOCCO)C(=O)c1ccc(F)c(F)c1. The highest BCUT2D eigenvalue weighted by atomic mass is 19.2. The van der Waals surface area contributed by atoms with E-state index in [-0.39, 0.29) is 38.5 Å². The number of methoxy groups -OCH3 is 1. The Morgan fingerprint density at radius 3 is 2.54 bits per heavy atom. The minimum absolute atomic E-state index is 0.0341. The average Bonchev–Trinajstić information content (AvgIpc) is 2.58. The van der Waals surface area contributed by atoms with E-state index >= 15 is 0 Å². The van der Waals surface area contributed by atoms with Crippen LogP contribution < -0.4 is 0 Å². The second kappa shape index (κ2) is 9.94. The van der Waals surface area contributed by atoms with Gasteiger partial charge in [0.25, 0.3) is 5.91 Å². The van der Waals surface area contributed by atoms with Gasteiger partial charge in [0.05, 0.1) is 32.8 Å². The summed E-state index contributed by atoms with van der Waals surface area (Å²) >= 11 is 0. The molecule has 0 saturated carbocycles. The Hall–Kier alpha value is -2.06. The summed E-state index contributed by atoms with van der Waals surface area (Å²) in [5, 5.41) is 8.68. The molecule has 1 rings (SSSR count). The number of esters is 1. The van der Waals surface area contributed by atoms with Crippen molar-refractivity contribution in [3.05, 3.63) is 35.4 Å². The van der Waals surface area contributed by atoms with Crippen LogP contribution in [0.15, 0.2) is 18.2 Å². The van der Waals surface area contributed by atoms with Crippen LogP contribution in [0.2, 0.25) is 0 Å². The van der Waals surface area contributed by atoms with Gasteiger partial charge in [0.15, 0.2) is 11.6 Å². The second-order valence-electron chi connectivity index (χ2n) is 5.14. The molecule has 134 valence electrons. The zero-order valence-electron chi connectivity index (χ0n) is 13.6. The third-order valence-corrected chi connectivity index (χ3v) is 3.29. The number of carbonyl (C=O) groups is 2. The summed E-state index contributed by atoms with van der Waals surface area (Å²) in [7, 11) is 1.24. The molecule has 0 spiro atoms. The molecule has 1 aromatic carbocycles. The van der Waals surface area contributed by atoms with Gasteiger partial charge in [-0.3, -0.25) is 9.59 Å². The first-order valence-electron chi connectivity index (χ1n) is 7.41. The molecule has 0 radical (unpaired) electrons. The average molecular weight is 345 g/mol. The quantitative estimate of drug-likeness (QED) is 0.538. The third-order valence-electron chi connectivity index (χ3n) is 3.29. The van der Waals surface area contributed by atoms with Crippen LogP contribution in [0.4, 0.5) is 8.78 Å². The van der Waals surface area contributed by atoms with Crippen LogP contribution in [0.5, 0.6) is 0 Å². The van der Waals surface area contributed by atoms with Crippen molar-refractivity contribution < 1.29 is 33.0 Å². The summed E-state index contributed by atoms with van der Waals surface area (Å²) in [6.45, 7) is 1.83. The topological polar surface area (TPSA) is 76.1 Å². The number of nitrogens with zero attached hydrogens (tertiary/aromatic N) is 1. The lowest BCUT2D eigenvalue weighted by molar-refractivity contribution is -0.145. The summed E-state index contributed by atoms with van der Waals surface area (Å²) in [5.41, 5.74) is -0.0341. The standard InChI is InChI=1S/C16H21F2NO5/c1-11(16(22)23-2)10-19(5-7-24-8-6-20)15(21)12-3-4-13(17)14(18)9-12/h3-4,9,11,20H,5-8,10H2,1-2H3. The summed E-state index contributed by atoms with van der Waals surface area (Å²) in [6.07, 6.45) is 0. The molecule has 0 bridgehead atoms. The van der Waals surface area contributed by atoms with E-state index in [2.05, 4.69) is 4.74 Å². The smallest absolute Gasteiger partial charge is 0.310 e. The predicted octanol–water partition coefficient (Wildman–Crippen LogP) is 1.23. The normalized spacial score (nSPS) is 11.9. The van der Waals surface area contributed by atoms with Crippen molar-refractivity contribution in [3.8, 4) is 0 Å². The van der Waals surface area contributed by atoms with Crippen LogP contribution in [0.1, 0.15) is 17.3 Å². The first-order chi connectivity index (χ1) is 11.4. The van der Waals surface area contributed by atoms with Crippen molar-refractivity contribution in [2.75, 3.05) is 40.0 Å². The minimum Gasteiger partial charge on any atom is -0.469 e. The Bertz CT molecular complexity index is 567. The maximum atomic E-state index is 13.3. The van der Waals surface area contributed by atoms with Crippen molar-refractivity contribution in [2.45, 2.75) is 6.92 Å². The monoisotopic (exact) mass is 345 g/mol. The Balaban J connectivity index is 2.86. The molecule has 8 heteroatoms. The van der Waals surface area contributed by atoms with E-state index < -0.39 is 29.4 Å². The molecule has 1 N–H and O–H groups in total. The third kappa shape index (κ3) is 5.86. The van der Waals surface area contributed by atoms with Gasteiger partial charge in [-0.1, -0.05) is 6.92 Å². The Labute approximate surface area is 139 Å². The number of halogens is 2. The maximum absolute atomic E-state index is 13.3. The lowest BCUT2D eigenvalue weighted by atomic mass is 10.1. The predicted molar refractivity (Wildman–Crippen MR) is 81.3 cm³/mol. The first kappa shape index (κ1) is 20.0. The molecule has 0 aliphatic carbocycles. The van der Waals surface area contributed by atoms with Gasteiger partial charge in [0.1, 0.15) is 0 Å². The van der Waals surface area contributed by atoms with Gasteiger partial charge in [0, 0.05) is 18.7 Å². The van der Waals surface area contributed by atoms with E-state index in [1.807, 2.05) is 0 Å². The number of hydrogen-bond donors (Lipinski definition) is 1. The zero-order chi connectivity index (χ0) is 18.1. The second-order valence-corrected chi connectivity index (χ2v) is 5.14. The number of aliphatic hydroxyl groups excluding tert-OH is 1. The minimum atomic E-state index is -1.13. The summed E-state index contributed by atoms with van der Waals surface area (Å²) in [5.74, 6) is -3.82. The molecule has 1 unspecified atom stereocenters. The molecule has 0 heterocycles. The van der Waals surface area contributed by atoms with Crippen molar-refractivity contribution in [3.63, 3.8) is 0 Å². The van der Waals surface area contributed by atoms with Crippen LogP contribution in [0.3, 0.4) is 0 Å². The number of rotatable bonds is 9. The molecule has 1 atom stereocenters. The fourth-order valence-electron chi connectivity index (χ4n) is 2.04. The molecule has 0 aliphatic heterocycles. The van der Waals surface area contributed by atoms with Crippen LogP contribution in [-0.2, 0) is 14.3 Å². The Morgan fingerprint density at radius 1 is 1.25 bits per heavy atom. The van der Waals surface area contributed by atoms with Crippen molar-refractivity contribution in [1.82, 2.24) is 4.90 Å². The van der Waals surface area contributed by atoms with Crippen LogP contribution >= 0.6 is 0 Å². The lowest BCUT2D eigenvalue weighted by Gasteiger charge is -2.25. The lowest BCUT2D eigenvalue weighted by Crippen LogP contribution is -2.39. The van der Waals surface area contributed by atoms with Gasteiger partial charge in [-0.15, -0.1) is 0 Å². The number of ether oxygens (including phenoxy) is 2. The van der Waals surface area contributed by atoms with Crippen LogP contribution in [0, 0.1) is 17.6 Å². The van der Waals surface area contributed by atoms with Crippen LogP contribution in [0.25, 0.3) is 0 Å². The molecule has 6 nitrogen and oxygen atoms in total. The zero-order valence-corrected chi connectivity index (χ0v) is 13.6. The van der Waals surface area contributed by atoms with Crippen molar-refractivity contribution >= 4 is 11.9 Å². The number of benzene rings is 1. The van der Waals surface area contributed by atoms with Crippen LogP contribution in [-0.4, -0.2) is 61.9 Å². The van der Waals surface area contributed by atoms with E-state index in [9.17, 15) is 18.4 Å². The Kier molecular flexibility index (Phi) is 8.28. The molecule has 1 amide bonds. The highest BCUT2D eigenvalue weighted by molar-refractivity contribution is 5.94. The summed E-state index contributed by atoms with van der Waals surface area (Å²) < 4.78 is 36.1. The van der Waals surface area contributed by atoms with Gasteiger partial charge < -0.3 is 19.5 Å². The van der Waals surface area contributed by atoms with E-state index in [1.54, 1.807) is 6.92 Å². The van der Waals surface area contributed by atoms with E-state index in [4.69, 9.17) is 9.84 Å². The summed E-state index contributed by atoms with van der Waals surface area (Å²) in [6, 6.07) is 2.85. The molecular formula is C16H21F2NO5. The number of amides is 1. The van der Waals surface area contributed by atoms with Gasteiger partial charge in [-0.2, -0.15) is 0 Å². The highest BCUT2D eigenvalue weighted by Crippen LogP contribution is 2.13. The molecule has 24 heavy (non-hydrogen) atoms. The molecule has 1 aromatic rings. The number of carbonyl (C=O) groups excluding carboxylic acids is 2. The largest absolute Gasteiger partial charge is 0.469 e. The fraction of sp³-hybridized carbons (Fsp3) is 0.500. The van der Waals surface area contributed by atoms with Gasteiger partial charge >= 0.3 is 5.97 Å². The molecule has 0 fully saturated rings. The fourth-order valence-corrected chi connectivity index (χ4v) is 2.04. The van der Waals surface area contributed by atoms with E-state index in [1.165, 1.54) is 18.1 Å². The van der Waals surface area contributed by atoms with E-state index in [0.29, 0.717) is 0 Å². The molecule has 0 saturated heterocycles. The molecular weight excluding hydrogens is 324 g/mol. The van der Waals surface area contributed by atoms with E-state index in [0.717, 1.165) is 12.1 Å². The highest BCUT2D eigenvalue weighted by Gasteiger charge is 2.23. The number of aliphatic hydroxyl groups is 1. The molecule has 0 aliphatic rings. The molecule has 0 aromatic heterocycles. The van der Waals surface area contributed by atoms with Gasteiger partial charge in [-0.05, 0) is 18.2 Å².